The van der Waals surface area contributed by atoms with E-state index in [1.807, 2.05) is 0 Å². The van der Waals surface area contributed by atoms with Gasteiger partial charge in [0, 0.05) is 31.2 Å². The number of sulfonamides is 1. The normalized spacial score (nSPS) is 16.5. The first-order valence-electron chi connectivity index (χ1n) is 7.57. The van der Waals surface area contributed by atoms with Crippen molar-refractivity contribution in [3.63, 3.8) is 0 Å². The van der Waals surface area contributed by atoms with Crippen LogP contribution in [0.4, 0.5) is 5.69 Å². The minimum atomic E-state index is -3.78. The lowest BCUT2D eigenvalue weighted by atomic mass is 10.2. The van der Waals surface area contributed by atoms with Gasteiger partial charge in [0.15, 0.2) is 0 Å². The molecule has 138 valence electrons. The summed E-state index contributed by atoms with van der Waals surface area (Å²) in [5.41, 5.74) is 0.157. The van der Waals surface area contributed by atoms with E-state index < -0.39 is 16.1 Å². The van der Waals surface area contributed by atoms with E-state index in [0.717, 1.165) is 17.0 Å². The van der Waals surface area contributed by atoms with Crippen LogP contribution in [0.5, 0.6) is 0 Å². The summed E-state index contributed by atoms with van der Waals surface area (Å²) in [4.78, 5) is 26.7. The minimum Gasteiger partial charge on any atom is -0.342 e. The van der Waals surface area contributed by atoms with Crippen LogP contribution in [0.1, 0.15) is 6.92 Å². The fraction of sp³-hybridized carbons (Fsp3) is 0.467. The molecule has 0 aliphatic carbocycles. The summed E-state index contributed by atoms with van der Waals surface area (Å²) >= 11 is 12.1. The SMILES string of the molecule is CC(C(=O)N1CCN(C=O)CC1)N(c1cc(Cl)ccc1Cl)S(C)(=O)=O. The molecule has 0 saturated carbocycles. The molecule has 1 saturated heterocycles. The molecule has 2 rings (SSSR count). The Labute approximate surface area is 157 Å². The highest BCUT2D eigenvalue weighted by Gasteiger charge is 2.34. The zero-order valence-corrected chi connectivity index (χ0v) is 16.2. The summed E-state index contributed by atoms with van der Waals surface area (Å²) in [6.45, 7) is 3.04. The number of nitrogens with zero attached hydrogens (tertiary/aromatic N) is 3. The monoisotopic (exact) mass is 407 g/mol. The fourth-order valence-corrected chi connectivity index (χ4v) is 4.34. The summed E-state index contributed by atoms with van der Waals surface area (Å²) in [6.07, 6.45) is 1.75. The second-order valence-electron chi connectivity index (χ2n) is 5.80. The van der Waals surface area contributed by atoms with Crippen molar-refractivity contribution < 1.29 is 18.0 Å². The molecule has 10 heteroatoms. The van der Waals surface area contributed by atoms with Crippen molar-refractivity contribution in [2.24, 2.45) is 0 Å². The Kier molecular flexibility index (Phi) is 6.18. The fourth-order valence-electron chi connectivity index (χ4n) is 2.74. The first kappa shape index (κ1) is 19.8. The van der Waals surface area contributed by atoms with E-state index in [4.69, 9.17) is 23.2 Å². The van der Waals surface area contributed by atoms with E-state index in [1.54, 1.807) is 15.9 Å². The minimum absolute atomic E-state index is 0.157. The number of halogens is 2. The van der Waals surface area contributed by atoms with Gasteiger partial charge in [0.1, 0.15) is 6.04 Å². The van der Waals surface area contributed by atoms with Gasteiger partial charge < -0.3 is 9.80 Å². The van der Waals surface area contributed by atoms with Gasteiger partial charge in [0.25, 0.3) is 0 Å². The Bertz CT molecular complexity index is 764. The highest BCUT2D eigenvalue weighted by atomic mass is 35.5. The van der Waals surface area contributed by atoms with Gasteiger partial charge in [-0.15, -0.1) is 0 Å². The maximum absolute atomic E-state index is 12.8. The lowest BCUT2D eigenvalue weighted by Crippen LogP contribution is -2.55. The molecule has 25 heavy (non-hydrogen) atoms. The predicted molar refractivity (Wildman–Crippen MR) is 97.5 cm³/mol. The van der Waals surface area contributed by atoms with E-state index in [1.165, 1.54) is 19.1 Å². The Balaban J connectivity index is 2.31. The van der Waals surface area contributed by atoms with Crippen molar-refractivity contribution in [2.45, 2.75) is 13.0 Å². The number of amides is 2. The van der Waals surface area contributed by atoms with Gasteiger partial charge in [0.05, 0.1) is 17.0 Å². The zero-order valence-electron chi connectivity index (χ0n) is 13.9. The van der Waals surface area contributed by atoms with E-state index in [2.05, 4.69) is 0 Å². The third kappa shape index (κ3) is 4.56. The van der Waals surface area contributed by atoms with Crippen LogP contribution in [0.3, 0.4) is 0 Å². The molecule has 1 atom stereocenters. The van der Waals surface area contributed by atoms with Gasteiger partial charge in [0.2, 0.25) is 22.3 Å². The topological polar surface area (TPSA) is 78.0 Å². The van der Waals surface area contributed by atoms with Gasteiger partial charge in [-0.1, -0.05) is 23.2 Å². The average Bonchev–Trinajstić information content (AvgIpc) is 2.56. The molecule has 1 aromatic rings. The molecule has 7 nitrogen and oxygen atoms in total. The van der Waals surface area contributed by atoms with E-state index in [9.17, 15) is 18.0 Å². The van der Waals surface area contributed by atoms with Gasteiger partial charge in [-0.05, 0) is 25.1 Å². The van der Waals surface area contributed by atoms with Crippen molar-refractivity contribution in [3.8, 4) is 0 Å². The van der Waals surface area contributed by atoms with Crippen molar-refractivity contribution in [1.82, 2.24) is 9.80 Å². The molecule has 0 radical (unpaired) electrons. The van der Waals surface area contributed by atoms with Crippen LogP contribution in [-0.4, -0.2) is 69.0 Å². The molecule has 2 amide bonds. The number of piperazine rings is 1. The Hall–Kier alpha value is -1.51. The Morgan fingerprint density at radius 2 is 1.84 bits per heavy atom. The first-order chi connectivity index (χ1) is 11.6. The Morgan fingerprint density at radius 1 is 1.24 bits per heavy atom. The molecule has 1 aliphatic rings. The van der Waals surface area contributed by atoms with E-state index in [0.29, 0.717) is 31.2 Å². The molecule has 1 heterocycles. The van der Waals surface area contributed by atoms with Crippen LogP contribution in [0, 0.1) is 0 Å². The maximum Gasteiger partial charge on any atom is 0.246 e. The van der Waals surface area contributed by atoms with Crippen molar-refractivity contribution >= 4 is 51.2 Å². The van der Waals surface area contributed by atoms with Crippen LogP contribution < -0.4 is 4.31 Å². The quantitative estimate of drug-likeness (QED) is 0.691. The molecule has 1 unspecified atom stereocenters. The number of benzene rings is 1. The summed E-state index contributed by atoms with van der Waals surface area (Å²) in [5.74, 6) is -0.355. The van der Waals surface area contributed by atoms with Crippen LogP contribution in [0.15, 0.2) is 18.2 Å². The lowest BCUT2D eigenvalue weighted by Gasteiger charge is -2.37. The highest BCUT2D eigenvalue weighted by Crippen LogP contribution is 2.32. The molecule has 0 spiro atoms. The summed E-state index contributed by atoms with van der Waals surface area (Å²) in [7, 11) is -3.78. The standard InChI is InChI=1S/C15H19Cl2N3O4S/c1-11(15(22)19-7-5-18(10-21)6-8-19)20(25(2,23)24)14-9-12(16)3-4-13(14)17/h3-4,9-11H,5-8H2,1-2H3. The van der Waals surface area contributed by atoms with Gasteiger partial charge in [-0.3, -0.25) is 13.9 Å². The van der Waals surface area contributed by atoms with Crippen LogP contribution in [-0.2, 0) is 19.6 Å². The number of hydrogen-bond donors (Lipinski definition) is 0. The highest BCUT2D eigenvalue weighted by molar-refractivity contribution is 7.92. The van der Waals surface area contributed by atoms with Gasteiger partial charge >= 0.3 is 0 Å². The maximum atomic E-state index is 12.8. The zero-order chi connectivity index (χ0) is 18.8. The molecule has 0 aromatic heterocycles. The number of carbonyl (C=O) groups is 2. The van der Waals surface area contributed by atoms with E-state index in [-0.39, 0.29) is 16.6 Å². The van der Waals surface area contributed by atoms with Gasteiger partial charge in [-0.25, -0.2) is 8.42 Å². The smallest absolute Gasteiger partial charge is 0.246 e. The van der Waals surface area contributed by atoms with Crippen LogP contribution in [0.25, 0.3) is 0 Å². The lowest BCUT2D eigenvalue weighted by molar-refractivity contribution is -0.135. The first-order valence-corrected chi connectivity index (χ1v) is 10.2. The molecular formula is C15H19Cl2N3O4S. The molecule has 0 bridgehead atoms. The summed E-state index contributed by atoms with van der Waals surface area (Å²) < 4.78 is 25.6. The number of hydrogen-bond acceptors (Lipinski definition) is 4. The second-order valence-corrected chi connectivity index (χ2v) is 8.50. The van der Waals surface area contributed by atoms with Gasteiger partial charge in [-0.2, -0.15) is 0 Å². The Morgan fingerprint density at radius 3 is 2.36 bits per heavy atom. The molecule has 0 N–H and O–H groups in total. The summed E-state index contributed by atoms with van der Waals surface area (Å²) in [5, 5.41) is 0.493. The summed E-state index contributed by atoms with van der Waals surface area (Å²) in [6, 6.07) is 3.45. The predicted octanol–water partition coefficient (Wildman–Crippen LogP) is 1.45. The van der Waals surface area contributed by atoms with Crippen LogP contribution >= 0.6 is 23.2 Å². The third-order valence-electron chi connectivity index (χ3n) is 3.99. The van der Waals surface area contributed by atoms with E-state index >= 15 is 0 Å². The molecular weight excluding hydrogens is 389 g/mol. The molecule has 1 aromatic carbocycles. The molecule has 1 aliphatic heterocycles. The average molecular weight is 408 g/mol. The largest absolute Gasteiger partial charge is 0.342 e. The number of anilines is 1. The molecule has 1 fully saturated rings. The van der Waals surface area contributed by atoms with Crippen LogP contribution in [0.2, 0.25) is 10.0 Å². The van der Waals surface area contributed by atoms with Crippen molar-refractivity contribution in [3.05, 3.63) is 28.2 Å². The number of carbonyl (C=O) groups excluding carboxylic acids is 2. The number of rotatable bonds is 5. The van der Waals surface area contributed by atoms with Crippen molar-refractivity contribution in [1.29, 1.82) is 0 Å². The third-order valence-corrected chi connectivity index (χ3v) is 5.77. The van der Waals surface area contributed by atoms with Crippen molar-refractivity contribution in [2.75, 3.05) is 36.7 Å². The second kappa shape index (κ2) is 7.80.